The van der Waals surface area contributed by atoms with Crippen LogP contribution in [0.4, 0.5) is 0 Å². The molecule has 3 nitrogen and oxygen atoms in total. The first-order chi connectivity index (χ1) is 7.13. The largest absolute Gasteiger partial charge is 0.354 e. The fourth-order valence-electron chi connectivity index (χ4n) is 1.11. The summed E-state index contributed by atoms with van der Waals surface area (Å²) in [7, 11) is 0. The van der Waals surface area contributed by atoms with Crippen molar-refractivity contribution in [2.75, 3.05) is 6.54 Å². The van der Waals surface area contributed by atoms with Gasteiger partial charge in [-0.15, -0.1) is 11.3 Å². The monoisotopic (exact) mass is 290 g/mol. The van der Waals surface area contributed by atoms with Gasteiger partial charge in [0.25, 0.3) is 0 Å². The Kier molecular flexibility index (Phi) is 5.28. The number of carbonyl (C=O) groups is 1. The third-order valence-electron chi connectivity index (χ3n) is 2.08. The third-order valence-corrected chi connectivity index (χ3v) is 3.76. The third kappa shape index (κ3) is 4.32. The van der Waals surface area contributed by atoms with Gasteiger partial charge in [-0.05, 0) is 40.9 Å². The average molecular weight is 291 g/mol. The van der Waals surface area contributed by atoms with E-state index in [9.17, 15) is 4.79 Å². The van der Waals surface area contributed by atoms with Crippen molar-refractivity contribution in [1.29, 1.82) is 0 Å². The zero-order valence-electron chi connectivity index (χ0n) is 8.63. The van der Waals surface area contributed by atoms with Crippen molar-refractivity contribution in [3.05, 3.63) is 20.8 Å². The number of hydrogen-bond acceptors (Lipinski definition) is 3. The summed E-state index contributed by atoms with van der Waals surface area (Å²) < 4.78 is 1.12. The highest BCUT2D eigenvalue weighted by Gasteiger charge is 2.09. The lowest BCUT2D eigenvalue weighted by molar-refractivity contribution is -0.122. The molecule has 1 unspecified atom stereocenters. The van der Waals surface area contributed by atoms with E-state index in [2.05, 4.69) is 27.3 Å². The lowest BCUT2D eigenvalue weighted by Crippen LogP contribution is -2.40. The molecule has 1 amide bonds. The molecule has 0 aliphatic heterocycles. The van der Waals surface area contributed by atoms with E-state index in [4.69, 9.17) is 5.73 Å². The van der Waals surface area contributed by atoms with E-state index in [0.29, 0.717) is 13.0 Å². The van der Waals surface area contributed by atoms with Gasteiger partial charge in [0.05, 0.1) is 9.83 Å². The molecule has 0 saturated heterocycles. The second kappa shape index (κ2) is 6.25. The number of carbonyl (C=O) groups excluding carboxylic acids is 1. The zero-order chi connectivity index (χ0) is 11.3. The van der Waals surface area contributed by atoms with E-state index in [1.54, 1.807) is 11.3 Å². The van der Waals surface area contributed by atoms with Crippen molar-refractivity contribution in [2.45, 2.75) is 25.8 Å². The van der Waals surface area contributed by atoms with Crippen LogP contribution < -0.4 is 11.1 Å². The lowest BCUT2D eigenvalue weighted by Gasteiger charge is -2.08. The number of thiophene rings is 1. The molecule has 84 valence electrons. The number of hydrogen-bond donors (Lipinski definition) is 2. The summed E-state index contributed by atoms with van der Waals surface area (Å²) in [6, 6.07) is 3.69. The molecule has 1 rings (SSSR count). The van der Waals surface area contributed by atoms with Crippen LogP contribution in [-0.4, -0.2) is 18.5 Å². The van der Waals surface area contributed by atoms with Crippen molar-refractivity contribution >= 4 is 33.2 Å². The molecule has 0 aromatic carbocycles. The first kappa shape index (κ1) is 12.7. The van der Waals surface area contributed by atoms with Gasteiger partial charge >= 0.3 is 0 Å². The summed E-state index contributed by atoms with van der Waals surface area (Å²) in [4.78, 5) is 12.6. The van der Waals surface area contributed by atoms with Crippen LogP contribution in [0.1, 0.15) is 18.2 Å². The van der Waals surface area contributed by atoms with Gasteiger partial charge in [0.1, 0.15) is 0 Å². The normalized spacial score (nSPS) is 12.5. The maximum Gasteiger partial charge on any atom is 0.236 e. The summed E-state index contributed by atoms with van der Waals surface area (Å²) in [5.41, 5.74) is 5.58. The SMILES string of the molecule is CCC(N)C(=O)NCCc1ccc(Br)s1. The van der Waals surface area contributed by atoms with Crippen LogP contribution in [0, 0.1) is 0 Å². The van der Waals surface area contributed by atoms with Crippen molar-refractivity contribution < 1.29 is 4.79 Å². The van der Waals surface area contributed by atoms with Crippen LogP contribution in [0.25, 0.3) is 0 Å². The Morgan fingerprint density at radius 3 is 2.93 bits per heavy atom. The molecule has 1 heterocycles. The summed E-state index contributed by atoms with van der Waals surface area (Å²) in [6.45, 7) is 2.56. The second-order valence-corrected chi connectivity index (χ2v) is 5.81. The number of amides is 1. The quantitative estimate of drug-likeness (QED) is 0.870. The molecule has 0 bridgehead atoms. The first-order valence-electron chi connectivity index (χ1n) is 4.91. The Bertz CT molecular complexity index is 327. The number of nitrogens with two attached hydrogens (primary N) is 1. The number of nitrogens with one attached hydrogen (secondary N) is 1. The van der Waals surface area contributed by atoms with E-state index >= 15 is 0 Å². The molecule has 1 aromatic heterocycles. The highest BCUT2D eigenvalue weighted by Crippen LogP contribution is 2.21. The standard InChI is InChI=1S/C10H15BrN2OS/c1-2-8(12)10(14)13-6-5-7-3-4-9(11)15-7/h3-4,8H,2,5-6,12H2,1H3,(H,13,14). The van der Waals surface area contributed by atoms with Crippen molar-refractivity contribution in [3.8, 4) is 0 Å². The van der Waals surface area contributed by atoms with E-state index in [-0.39, 0.29) is 11.9 Å². The highest BCUT2D eigenvalue weighted by atomic mass is 79.9. The Balaban J connectivity index is 2.24. The van der Waals surface area contributed by atoms with Crippen LogP contribution in [0.3, 0.4) is 0 Å². The number of halogens is 1. The molecular weight excluding hydrogens is 276 g/mol. The van der Waals surface area contributed by atoms with Gasteiger partial charge in [-0.25, -0.2) is 0 Å². The fraction of sp³-hybridized carbons (Fsp3) is 0.500. The Labute approximate surface area is 102 Å². The van der Waals surface area contributed by atoms with Crippen LogP contribution in [0.2, 0.25) is 0 Å². The van der Waals surface area contributed by atoms with Gasteiger partial charge in [-0.1, -0.05) is 6.92 Å². The van der Waals surface area contributed by atoms with Crippen molar-refractivity contribution in [1.82, 2.24) is 5.32 Å². The fourth-order valence-corrected chi connectivity index (χ4v) is 2.59. The molecule has 0 saturated carbocycles. The minimum absolute atomic E-state index is 0.0619. The smallest absolute Gasteiger partial charge is 0.236 e. The van der Waals surface area contributed by atoms with Crippen LogP contribution >= 0.6 is 27.3 Å². The van der Waals surface area contributed by atoms with Gasteiger partial charge in [-0.3, -0.25) is 4.79 Å². The molecular formula is C10H15BrN2OS. The second-order valence-electron chi connectivity index (χ2n) is 3.26. The van der Waals surface area contributed by atoms with E-state index in [1.165, 1.54) is 4.88 Å². The van der Waals surface area contributed by atoms with Crippen molar-refractivity contribution in [2.24, 2.45) is 5.73 Å². The summed E-state index contributed by atoms with van der Waals surface area (Å²) in [5.74, 6) is -0.0619. The maximum atomic E-state index is 11.3. The predicted octanol–water partition coefficient (Wildman–Crippen LogP) is 1.91. The van der Waals surface area contributed by atoms with Gasteiger partial charge < -0.3 is 11.1 Å². The zero-order valence-corrected chi connectivity index (χ0v) is 11.0. The van der Waals surface area contributed by atoms with Crippen LogP contribution in [0.15, 0.2) is 15.9 Å². The van der Waals surface area contributed by atoms with Gasteiger partial charge in [0.15, 0.2) is 0 Å². The summed E-state index contributed by atoms with van der Waals surface area (Å²) >= 11 is 5.09. The summed E-state index contributed by atoms with van der Waals surface area (Å²) in [6.07, 6.45) is 1.54. The van der Waals surface area contributed by atoms with Crippen LogP contribution in [0.5, 0.6) is 0 Å². The lowest BCUT2D eigenvalue weighted by atomic mass is 10.2. The Hall–Kier alpha value is -0.390. The molecule has 0 aliphatic rings. The van der Waals surface area contributed by atoms with E-state index < -0.39 is 0 Å². The topological polar surface area (TPSA) is 55.1 Å². The first-order valence-corrected chi connectivity index (χ1v) is 6.52. The minimum atomic E-state index is -0.375. The summed E-state index contributed by atoms with van der Waals surface area (Å²) in [5, 5.41) is 2.82. The van der Waals surface area contributed by atoms with E-state index in [0.717, 1.165) is 10.2 Å². The highest BCUT2D eigenvalue weighted by molar-refractivity contribution is 9.11. The maximum absolute atomic E-state index is 11.3. The van der Waals surface area contributed by atoms with E-state index in [1.807, 2.05) is 13.0 Å². The molecule has 3 N–H and O–H groups in total. The molecule has 0 spiro atoms. The van der Waals surface area contributed by atoms with Crippen LogP contribution in [-0.2, 0) is 11.2 Å². The van der Waals surface area contributed by atoms with Gasteiger partial charge in [0.2, 0.25) is 5.91 Å². The average Bonchev–Trinajstić information content (AvgIpc) is 2.63. The Morgan fingerprint density at radius 2 is 2.40 bits per heavy atom. The Morgan fingerprint density at radius 1 is 1.67 bits per heavy atom. The van der Waals surface area contributed by atoms with Crippen molar-refractivity contribution in [3.63, 3.8) is 0 Å². The molecule has 1 aromatic rings. The molecule has 5 heteroatoms. The van der Waals surface area contributed by atoms with Gasteiger partial charge in [-0.2, -0.15) is 0 Å². The predicted molar refractivity (Wildman–Crippen MR) is 67.0 cm³/mol. The minimum Gasteiger partial charge on any atom is -0.354 e. The molecule has 0 radical (unpaired) electrons. The molecule has 0 fully saturated rings. The molecule has 1 atom stereocenters. The van der Waals surface area contributed by atoms with Gasteiger partial charge in [0, 0.05) is 11.4 Å². The molecule has 15 heavy (non-hydrogen) atoms. The number of rotatable bonds is 5. The molecule has 0 aliphatic carbocycles.